The standard InChI is InChI=1S/C13H20N4O2S/c18-20(19,17-8-1-2-9-17)12-4-3-5-15-13(12)16-10-6-14-7-11-16/h3-5,14H,1-2,6-11H2. The predicted molar refractivity (Wildman–Crippen MR) is 77.3 cm³/mol. The van der Waals surface area contributed by atoms with Gasteiger partial charge in [0.25, 0.3) is 0 Å². The summed E-state index contributed by atoms with van der Waals surface area (Å²) in [4.78, 5) is 6.74. The van der Waals surface area contributed by atoms with Gasteiger partial charge in [-0.25, -0.2) is 13.4 Å². The van der Waals surface area contributed by atoms with Crippen molar-refractivity contribution in [1.29, 1.82) is 0 Å². The van der Waals surface area contributed by atoms with Gasteiger partial charge in [-0.05, 0) is 25.0 Å². The minimum Gasteiger partial charge on any atom is -0.353 e. The topological polar surface area (TPSA) is 65.5 Å². The van der Waals surface area contributed by atoms with Gasteiger partial charge < -0.3 is 10.2 Å². The van der Waals surface area contributed by atoms with Gasteiger partial charge in [-0.2, -0.15) is 4.31 Å². The van der Waals surface area contributed by atoms with E-state index in [2.05, 4.69) is 15.2 Å². The van der Waals surface area contributed by atoms with Crippen LogP contribution in [0.4, 0.5) is 5.82 Å². The van der Waals surface area contributed by atoms with Crippen molar-refractivity contribution in [2.75, 3.05) is 44.2 Å². The van der Waals surface area contributed by atoms with Gasteiger partial charge in [0, 0.05) is 45.5 Å². The number of hydrogen-bond donors (Lipinski definition) is 1. The van der Waals surface area contributed by atoms with Crippen LogP contribution in [-0.4, -0.2) is 57.0 Å². The molecule has 2 aliphatic rings. The van der Waals surface area contributed by atoms with Gasteiger partial charge in [0.05, 0.1) is 0 Å². The third-order valence-corrected chi connectivity index (χ3v) is 5.77. The zero-order valence-electron chi connectivity index (χ0n) is 11.5. The van der Waals surface area contributed by atoms with Gasteiger partial charge in [-0.3, -0.25) is 0 Å². The molecule has 0 radical (unpaired) electrons. The Hall–Kier alpha value is -1.18. The number of anilines is 1. The normalized spacial score (nSPS) is 21.3. The number of rotatable bonds is 3. The minimum absolute atomic E-state index is 0.351. The van der Waals surface area contributed by atoms with Gasteiger partial charge in [0.1, 0.15) is 10.7 Å². The van der Waals surface area contributed by atoms with Gasteiger partial charge >= 0.3 is 0 Å². The number of piperazine rings is 1. The van der Waals surface area contributed by atoms with Crippen LogP contribution < -0.4 is 10.2 Å². The summed E-state index contributed by atoms with van der Waals surface area (Å²) < 4.78 is 27.1. The highest BCUT2D eigenvalue weighted by atomic mass is 32.2. The van der Waals surface area contributed by atoms with E-state index in [1.165, 1.54) is 0 Å². The second-order valence-electron chi connectivity index (χ2n) is 5.17. The van der Waals surface area contributed by atoms with E-state index >= 15 is 0 Å². The first kappa shape index (κ1) is 13.8. The fraction of sp³-hybridized carbons (Fsp3) is 0.615. The molecule has 0 aliphatic carbocycles. The van der Waals surface area contributed by atoms with Crippen molar-refractivity contribution in [3.63, 3.8) is 0 Å². The molecule has 1 N–H and O–H groups in total. The van der Waals surface area contributed by atoms with Crippen molar-refractivity contribution in [2.24, 2.45) is 0 Å². The Morgan fingerprint density at radius 2 is 1.80 bits per heavy atom. The van der Waals surface area contributed by atoms with E-state index in [0.29, 0.717) is 23.8 Å². The number of nitrogens with zero attached hydrogens (tertiary/aromatic N) is 3. The molecule has 0 unspecified atom stereocenters. The Morgan fingerprint density at radius 3 is 2.50 bits per heavy atom. The summed E-state index contributed by atoms with van der Waals surface area (Å²) in [6.45, 7) is 4.55. The Balaban J connectivity index is 1.96. The van der Waals surface area contributed by atoms with Crippen LogP contribution in [0.5, 0.6) is 0 Å². The number of hydrogen-bond acceptors (Lipinski definition) is 5. The molecule has 1 aromatic heterocycles. The van der Waals surface area contributed by atoms with E-state index in [0.717, 1.165) is 39.0 Å². The van der Waals surface area contributed by atoms with Crippen molar-refractivity contribution >= 4 is 15.8 Å². The maximum atomic E-state index is 12.7. The Labute approximate surface area is 119 Å². The third kappa shape index (κ3) is 2.53. The van der Waals surface area contributed by atoms with E-state index in [4.69, 9.17) is 0 Å². The first-order valence-corrected chi connectivity index (χ1v) is 8.54. The zero-order chi connectivity index (χ0) is 14.0. The third-order valence-electron chi connectivity index (χ3n) is 3.85. The van der Waals surface area contributed by atoms with Gasteiger partial charge in [-0.15, -0.1) is 0 Å². The van der Waals surface area contributed by atoms with Gasteiger partial charge in [0.2, 0.25) is 10.0 Å². The van der Waals surface area contributed by atoms with E-state index in [9.17, 15) is 8.42 Å². The summed E-state index contributed by atoms with van der Waals surface area (Å²) in [7, 11) is -3.41. The summed E-state index contributed by atoms with van der Waals surface area (Å²) in [5.41, 5.74) is 0. The summed E-state index contributed by atoms with van der Waals surface area (Å²) in [5, 5.41) is 3.27. The van der Waals surface area contributed by atoms with Crippen molar-refractivity contribution in [3.8, 4) is 0 Å². The summed E-state index contributed by atoms with van der Waals surface area (Å²) in [5.74, 6) is 0.598. The second kappa shape index (κ2) is 5.67. The molecule has 2 saturated heterocycles. The fourth-order valence-corrected chi connectivity index (χ4v) is 4.45. The first-order valence-electron chi connectivity index (χ1n) is 7.10. The molecule has 0 amide bonds. The average molecular weight is 296 g/mol. The van der Waals surface area contributed by atoms with E-state index in [-0.39, 0.29) is 0 Å². The lowest BCUT2D eigenvalue weighted by Gasteiger charge is -2.30. The number of sulfonamides is 1. The van der Waals surface area contributed by atoms with Gasteiger partial charge in [0.15, 0.2) is 0 Å². The Bertz CT molecular complexity index is 563. The van der Waals surface area contributed by atoms with Crippen LogP contribution in [0.25, 0.3) is 0 Å². The highest BCUT2D eigenvalue weighted by Crippen LogP contribution is 2.27. The smallest absolute Gasteiger partial charge is 0.246 e. The average Bonchev–Trinajstić information content (AvgIpc) is 3.03. The minimum atomic E-state index is -3.41. The van der Waals surface area contributed by atoms with Crippen LogP contribution in [0.3, 0.4) is 0 Å². The molecule has 0 spiro atoms. The first-order chi connectivity index (χ1) is 9.69. The molecule has 0 bridgehead atoms. The largest absolute Gasteiger partial charge is 0.353 e. The van der Waals surface area contributed by atoms with Crippen LogP contribution in [0.2, 0.25) is 0 Å². The zero-order valence-corrected chi connectivity index (χ0v) is 12.3. The highest BCUT2D eigenvalue weighted by Gasteiger charge is 2.31. The molecule has 2 fully saturated rings. The lowest BCUT2D eigenvalue weighted by molar-refractivity contribution is 0.476. The van der Waals surface area contributed by atoms with E-state index in [1.54, 1.807) is 22.6 Å². The maximum Gasteiger partial charge on any atom is 0.246 e. The summed E-state index contributed by atoms with van der Waals surface area (Å²) in [6.07, 6.45) is 3.56. The molecular formula is C13H20N4O2S. The van der Waals surface area contributed by atoms with Crippen LogP contribution in [-0.2, 0) is 10.0 Å². The predicted octanol–water partition coefficient (Wildman–Crippen LogP) is 0.276. The van der Waals surface area contributed by atoms with Crippen molar-refractivity contribution in [2.45, 2.75) is 17.7 Å². The van der Waals surface area contributed by atoms with Crippen LogP contribution in [0, 0.1) is 0 Å². The van der Waals surface area contributed by atoms with E-state index in [1.807, 2.05) is 0 Å². The Morgan fingerprint density at radius 1 is 1.10 bits per heavy atom. The van der Waals surface area contributed by atoms with Crippen molar-refractivity contribution < 1.29 is 8.42 Å². The fourth-order valence-electron chi connectivity index (χ4n) is 2.77. The molecule has 110 valence electrons. The molecule has 0 atom stereocenters. The maximum absolute atomic E-state index is 12.7. The summed E-state index contributed by atoms with van der Waals surface area (Å²) >= 11 is 0. The number of pyridine rings is 1. The lowest BCUT2D eigenvalue weighted by Crippen LogP contribution is -2.44. The number of aromatic nitrogens is 1. The molecule has 7 heteroatoms. The number of nitrogens with one attached hydrogen (secondary N) is 1. The highest BCUT2D eigenvalue weighted by molar-refractivity contribution is 7.89. The van der Waals surface area contributed by atoms with Crippen LogP contribution >= 0.6 is 0 Å². The molecule has 20 heavy (non-hydrogen) atoms. The summed E-state index contributed by atoms with van der Waals surface area (Å²) in [6, 6.07) is 3.38. The molecule has 2 aliphatic heterocycles. The molecule has 3 heterocycles. The molecule has 0 saturated carbocycles. The van der Waals surface area contributed by atoms with E-state index < -0.39 is 10.0 Å². The molecule has 0 aromatic carbocycles. The second-order valence-corrected chi connectivity index (χ2v) is 7.08. The Kier molecular flexibility index (Phi) is 3.91. The van der Waals surface area contributed by atoms with Crippen molar-refractivity contribution in [1.82, 2.24) is 14.6 Å². The monoisotopic (exact) mass is 296 g/mol. The molecule has 6 nitrogen and oxygen atoms in total. The quantitative estimate of drug-likeness (QED) is 0.868. The molecule has 1 aromatic rings. The van der Waals surface area contributed by atoms with Crippen LogP contribution in [0.15, 0.2) is 23.2 Å². The lowest BCUT2D eigenvalue weighted by atomic mass is 10.3. The van der Waals surface area contributed by atoms with Crippen LogP contribution in [0.1, 0.15) is 12.8 Å². The van der Waals surface area contributed by atoms with Gasteiger partial charge in [-0.1, -0.05) is 0 Å². The SMILES string of the molecule is O=S(=O)(c1cccnc1N1CCNCC1)N1CCCC1. The molecular weight excluding hydrogens is 276 g/mol. The molecule has 3 rings (SSSR count). The van der Waals surface area contributed by atoms with Crippen molar-refractivity contribution in [3.05, 3.63) is 18.3 Å².